The van der Waals surface area contributed by atoms with Crippen LogP contribution in [0, 0.1) is 0 Å². The number of benzene rings is 2. The average molecular weight is 351 g/mol. The van der Waals surface area contributed by atoms with Gasteiger partial charge in [0.15, 0.2) is 0 Å². The summed E-state index contributed by atoms with van der Waals surface area (Å²) >= 11 is 0. The van der Waals surface area contributed by atoms with E-state index in [0.29, 0.717) is 28.1 Å². The number of carbonyl (C=O) groups excluding carboxylic acids is 1. The van der Waals surface area contributed by atoms with Gasteiger partial charge in [-0.1, -0.05) is 24.3 Å². The van der Waals surface area contributed by atoms with Crippen LogP contribution in [0.4, 0.5) is 0 Å². The smallest absolute Gasteiger partial charge is 0.273 e. The number of β-amino-alcohol motifs (C(OH)–C–C–N with tert-alkyl or cyclic N) is 1. The van der Waals surface area contributed by atoms with Gasteiger partial charge in [0, 0.05) is 17.7 Å². The first kappa shape index (κ1) is 16.2. The van der Waals surface area contributed by atoms with Crippen molar-refractivity contribution in [3.05, 3.63) is 65.4 Å². The summed E-state index contributed by atoms with van der Waals surface area (Å²) in [4.78, 5) is 14.3. The number of aromatic hydroxyl groups is 2. The largest absolute Gasteiger partial charge is 0.508 e. The van der Waals surface area contributed by atoms with Crippen molar-refractivity contribution >= 4 is 5.91 Å². The molecule has 1 amide bonds. The highest BCUT2D eigenvalue weighted by molar-refractivity contribution is 6.00. The number of nitrogens with one attached hydrogen (secondary N) is 1. The highest BCUT2D eigenvalue weighted by Gasteiger charge is 2.42. The molecule has 7 heteroatoms. The lowest BCUT2D eigenvalue weighted by Crippen LogP contribution is -2.32. The molecule has 132 valence electrons. The summed E-state index contributed by atoms with van der Waals surface area (Å²) in [7, 11) is 0. The maximum atomic E-state index is 12.8. The van der Waals surface area contributed by atoms with E-state index in [9.17, 15) is 20.1 Å². The summed E-state index contributed by atoms with van der Waals surface area (Å²) in [6, 6.07) is 12.9. The molecule has 0 saturated carbocycles. The Morgan fingerprint density at radius 3 is 2.65 bits per heavy atom. The topological polar surface area (TPSA) is 110 Å². The van der Waals surface area contributed by atoms with Crippen molar-refractivity contribution in [2.75, 3.05) is 13.2 Å². The lowest BCUT2D eigenvalue weighted by Gasteiger charge is -2.25. The van der Waals surface area contributed by atoms with Crippen molar-refractivity contribution in [3.63, 3.8) is 0 Å². The SMILES string of the molecule is O=C1c2[nH]nc(-c3ccccc3O)c2[C@H](c2cccc(O)c2)N1CCO. The zero-order valence-electron chi connectivity index (χ0n) is 13.8. The Balaban J connectivity index is 1.93. The van der Waals surface area contributed by atoms with Crippen molar-refractivity contribution in [1.29, 1.82) is 0 Å². The maximum absolute atomic E-state index is 12.8. The predicted molar refractivity (Wildman–Crippen MR) is 93.8 cm³/mol. The Morgan fingerprint density at radius 1 is 1.12 bits per heavy atom. The van der Waals surface area contributed by atoms with Gasteiger partial charge in [-0.25, -0.2) is 0 Å². The molecule has 7 nitrogen and oxygen atoms in total. The number of aliphatic hydroxyl groups is 1. The molecule has 0 unspecified atom stereocenters. The van der Waals surface area contributed by atoms with Gasteiger partial charge in [-0.2, -0.15) is 5.10 Å². The van der Waals surface area contributed by atoms with Gasteiger partial charge in [-0.05, 0) is 29.8 Å². The number of aliphatic hydroxyl groups excluding tert-OH is 1. The van der Waals surface area contributed by atoms with Gasteiger partial charge in [-0.15, -0.1) is 0 Å². The minimum Gasteiger partial charge on any atom is -0.508 e. The number of para-hydroxylation sites is 1. The van der Waals surface area contributed by atoms with E-state index in [1.807, 2.05) is 0 Å². The molecular weight excluding hydrogens is 334 g/mol. The van der Waals surface area contributed by atoms with E-state index in [4.69, 9.17) is 0 Å². The first-order valence-corrected chi connectivity index (χ1v) is 8.19. The predicted octanol–water partition coefficient (Wildman–Crippen LogP) is 2.03. The van der Waals surface area contributed by atoms with Crippen molar-refractivity contribution in [2.24, 2.45) is 0 Å². The summed E-state index contributed by atoms with van der Waals surface area (Å²) < 4.78 is 0. The van der Waals surface area contributed by atoms with Crippen LogP contribution in [0.5, 0.6) is 11.5 Å². The number of aromatic nitrogens is 2. The van der Waals surface area contributed by atoms with Crippen molar-refractivity contribution in [3.8, 4) is 22.8 Å². The summed E-state index contributed by atoms with van der Waals surface area (Å²) in [6.07, 6.45) is 0. The van der Waals surface area contributed by atoms with Gasteiger partial charge in [0.2, 0.25) is 0 Å². The molecule has 0 saturated heterocycles. The van der Waals surface area contributed by atoms with E-state index in [-0.39, 0.29) is 30.6 Å². The Morgan fingerprint density at radius 2 is 1.92 bits per heavy atom. The van der Waals surface area contributed by atoms with Crippen LogP contribution in [0.3, 0.4) is 0 Å². The molecule has 1 aliphatic heterocycles. The Labute approximate surface area is 149 Å². The van der Waals surface area contributed by atoms with Gasteiger partial charge in [0.25, 0.3) is 5.91 Å². The molecule has 1 aliphatic rings. The fourth-order valence-electron chi connectivity index (χ4n) is 3.46. The minimum absolute atomic E-state index is 0.0597. The molecule has 0 spiro atoms. The minimum atomic E-state index is -0.523. The van der Waals surface area contributed by atoms with Crippen LogP contribution >= 0.6 is 0 Å². The third-order valence-electron chi connectivity index (χ3n) is 4.55. The van der Waals surface area contributed by atoms with Gasteiger partial charge >= 0.3 is 0 Å². The van der Waals surface area contributed by atoms with Crippen molar-refractivity contribution < 1.29 is 20.1 Å². The van der Waals surface area contributed by atoms with Crippen molar-refractivity contribution in [2.45, 2.75) is 6.04 Å². The summed E-state index contributed by atoms with van der Waals surface area (Å²) in [5.74, 6) is -0.138. The third kappa shape index (κ3) is 2.41. The van der Waals surface area contributed by atoms with Crippen LogP contribution in [-0.4, -0.2) is 49.5 Å². The average Bonchev–Trinajstić information content (AvgIpc) is 3.16. The van der Waals surface area contributed by atoms with Gasteiger partial charge in [-0.3, -0.25) is 9.89 Å². The molecule has 2 heterocycles. The number of hydrogen-bond acceptors (Lipinski definition) is 5. The van der Waals surface area contributed by atoms with Gasteiger partial charge < -0.3 is 20.2 Å². The first-order chi connectivity index (χ1) is 12.6. The monoisotopic (exact) mass is 351 g/mol. The summed E-state index contributed by atoms with van der Waals surface area (Å²) in [6.45, 7) is -0.0490. The number of rotatable bonds is 4. The Hall–Kier alpha value is -3.32. The molecule has 0 fully saturated rings. The Kier molecular flexibility index (Phi) is 3.85. The van der Waals surface area contributed by atoms with Crippen LogP contribution in [-0.2, 0) is 0 Å². The summed E-state index contributed by atoms with van der Waals surface area (Å²) in [5.41, 5.74) is 2.62. The third-order valence-corrected chi connectivity index (χ3v) is 4.55. The van der Waals surface area contributed by atoms with E-state index >= 15 is 0 Å². The molecule has 1 aromatic heterocycles. The second-order valence-electron chi connectivity index (χ2n) is 6.10. The quantitative estimate of drug-likeness (QED) is 0.575. The van der Waals surface area contributed by atoms with E-state index in [1.165, 1.54) is 4.90 Å². The molecule has 4 rings (SSSR count). The fourth-order valence-corrected chi connectivity index (χ4v) is 3.46. The number of carbonyl (C=O) groups is 1. The number of phenols is 2. The van der Waals surface area contributed by atoms with Crippen LogP contribution in [0.2, 0.25) is 0 Å². The lowest BCUT2D eigenvalue weighted by molar-refractivity contribution is 0.0706. The van der Waals surface area contributed by atoms with Crippen LogP contribution in [0.25, 0.3) is 11.3 Å². The number of hydrogen-bond donors (Lipinski definition) is 4. The van der Waals surface area contributed by atoms with E-state index < -0.39 is 6.04 Å². The van der Waals surface area contributed by atoms with Crippen LogP contribution in [0.15, 0.2) is 48.5 Å². The number of H-pyrrole nitrogens is 1. The van der Waals surface area contributed by atoms with Crippen LogP contribution < -0.4 is 0 Å². The number of aromatic amines is 1. The van der Waals surface area contributed by atoms with Crippen LogP contribution in [0.1, 0.15) is 27.7 Å². The van der Waals surface area contributed by atoms with Crippen molar-refractivity contribution in [1.82, 2.24) is 15.1 Å². The highest BCUT2D eigenvalue weighted by atomic mass is 16.3. The second kappa shape index (κ2) is 6.20. The zero-order chi connectivity index (χ0) is 18.3. The van der Waals surface area contributed by atoms with Gasteiger partial charge in [0.05, 0.1) is 12.6 Å². The number of nitrogens with zero attached hydrogens (tertiary/aromatic N) is 2. The number of phenolic OH excluding ortho intramolecular Hbond substituents is 2. The zero-order valence-corrected chi connectivity index (χ0v) is 13.8. The second-order valence-corrected chi connectivity index (χ2v) is 6.10. The molecule has 1 atom stereocenters. The summed E-state index contributed by atoms with van der Waals surface area (Å²) in [5, 5.41) is 36.5. The van der Waals surface area contributed by atoms with Gasteiger partial charge in [0.1, 0.15) is 22.9 Å². The molecule has 26 heavy (non-hydrogen) atoms. The normalized spacial score (nSPS) is 16.1. The molecule has 0 bridgehead atoms. The number of fused-ring (bicyclic) bond motifs is 1. The molecule has 0 radical (unpaired) electrons. The fraction of sp³-hybridized carbons (Fsp3) is 0.158. The van der Waals surface area contributed by atoms with E-state index in [2.05, 4.69) is 10.2 Å². The molecule has 3 aromatic rings. The standard InChI is InChI=1S/C19H17N3O4/c23-9-8-22-18(11-4-3-5-12(24)10-11)15-16(20-21-17(15)19(22)26)13-6-1-2-7-14(13)25/h1-7,10,18,23-25H,8-9H2,(H,20,21)/t18-/m0/s1. The molecular formula is C19H17N3O4. The molecule has 4 N–H and O–H groups in total. The van der Waals surface area contributed by atoms with E-state index in [1.54, 1.807) is 48.5 Å². The Bertz CT molecular complexity index is 982. The lowest BCUT2D eigenvalue weighted by atomic mass is 9.95. The van der Waals surface area contributed by atoms with E-state index in [0.717, 1.165) is 0 Å². The molecule has 0 aliphatic carbocycles. The number of amides is 1. The maximum Gasteiger partial charge on any atom is 0.273 e. The highest BCUT2D eigenvalue weighted by Crippen LogP contribution is 2.44. The molecule has 2 aromatic carbocycles. The first-order valence-electron chi connectivity index (χ1n) is 8.19.